The van der Waals surface area contributed by atoms with Gasteiger partial charge < -0.3 is 24.9 Å². The Hall–Kier alpha value is -2.87. The SMILES string of the molecule is Cc1ccc(NC(=O)N2CCN(c3cc(N4CCN(C)CC4)ncn3)CC2)cc1C. The molecule has 2 aliphatic rings. The van der Waals surface area contributed by atoms with Crippen LogP contribution in [-0.2, 0) is 0 Å². The fourth-order valence-electron chi connectivity index (χ4n) is 3.88. The zero-order valence-corrected chi connectivity index (χ0v) is 18.1. The second-order valence-corrected chi connectivity index (χ2v) is 8.23. The molecule has 2 aliphatic heterocycles. The lowest BCUT2D eigenvalue weighted by Gasteiger charge is -2.36. The highest BCUT2D eigenvalue weighted by atomic mass is 16.2. The standard InChI is InChI=1S/C22H31N7O/c1-17-4-5-19(14-18(17)2)25-22(30)29-12-10-28(11-13-29)21-15-20(23-16-24-21)27-8-6-26(3)7-9-27/h4-5,14-16H,6-13H2,1-3H3,(H,25,30). The van der Waals surface area contributed by atoms with Crippen molar-refractivity contribution in [2.24, 2.45) is 0 Å². The van der Waals surface area contributed by atoms with E-state index in [1.54, 1.807) is 6.33 Å². The number of nitrogens with one attached hydrogen (secondary N) is 1. The maximum absolute atomic E-state index is 12.7. The number of hydrogen-bond acceptors (Lipinski definition) is 6. The summed E-state index contributed by atoms with van der Waals surface area (Å²) in [6.07, 6.45) is 1.65. The molecular weight excluding hydrogens is 378 g/mol. The van der Waals surface area contributed by atoms with Gasteiger partial charge in [-0.05, 0) is 44.2 Å². The van der Waals surface area contributed by atoms with Crippen molar-refractivity contribution >= 4 is 23.4 Å². The molecule has 8 heteroatoms. The molecule has 0 saturated carbocycles. The molecular formula is C22H31N7O. The van der Waals surface area contributed by atoms with Crippen LogP contribution >= 0.6 is 0 Å². The lowest BCUT2D eigenvalue weighted by Crippen LogP contribution is -2.50. The minimum atomic E-state index is -0.0429. The average Bonchev–Trinajstić information content (AvgIpc) is 2.77. The molecule has 30 heavy (non-hydrogen) atoms. The van der Waals surface area contributed by atoms with Crippen LogP contribution in [-0.4, -0.2) is 85.2 Å². The molecule has 2 amide bonds. The summed E-state index contributed by atoms with van der Waals surface area (Å²) in [4.78, 5) is 30.4. The van der Waals surface area contributed by atoms with E-state index < -0.39 is 0 Å². The molecule has 8 nitrogen and oxygen atoms in total. The summed E-state index contributed by atoms with van der Waals surface area (Å²) in [6, 6.07) is 8.05. The smallest absolute Gasteiger partial charge is 0.321 e. The number of urea groups is 1. The summed E-state index contributed by atoms with van der Waals surface area (Å²) in [7, 11) is 2.15. The zero-order valence-electron chi connectivity index (χ0n) is 18.1. The van der Waals surface area contributed by atoms with Crippen molar-refractivity contribution in [3.63, 3.8) is 0 Å². The van der Waals surface area contributed by atoms with Gasteiger partial charge in [0, 0.05) is 64.1 Å². The van der Waals surface area contributed by atoms with Crippen molar-refractivity contribution in [2.75, 3.05) is 74.5 Å². The van der Waals surface area contributed by atoms with Crippen LogP contribution in [0.1, 0.15) is 11.1 Å². The second kappa shape index (κ2) is 8.87. The topological polar surface area (TPSA) is 67.8 Å². The van der Waals surface area contributed by atoms with Crippen molar-refractivity contribution < 1.29 is 4.79 Å². The Balaban J connectivity index is 1.33. The molecule has 1 N–H and O–H groups in total. The molecule has 0 radical (unpaired) electrons. The van der Waals surface area contributed by atoms with E-state index in [-0.39, 0.29) is 6.03 Å². The second-order valence-electron chi connectivity index (χ2n) is 8.23. The van der Waals surface area contributed by atoms with Gasteiger partial charge in [0.25, 0.3) is 0 Å². The monoisotopic (exact) mass is 409 g/mol. The van der Waals surface area contributed by atoms with Gasteiger partial charge in [-0.2, -0.15) is 0 Å². The van der Waals surface area contributed by atoms with E-state index in [0.29, 0.717) is 13.1 Å². The third kappa shape index (κ3) is 4.64. The molecule has 0 bridgehead atoms. The predicted octanol–water partition coefficient (Wildman–Crippen LogP) is 2.20. The summed E-state index contributed by atoms with van der Waals surface area (Å²) in [5.41, 5.74) is 3.25. The number of anilines is 3. The first-order chi connectivity index (χ1) is 14.5. The van der Waals surface area contributed by atoms with Gasteiger partial charge in [-0.3, -0.25) is 0 Å². The minimum absolute atomic E-state index is 0.0429. The Bertz CT molecular complexity index is 887. The lowest BCUT2D eigenvalue weighted by atomic mass is 10.1. The number of benzene rings is 1. The highest BCUT2D eigenvalue weighted by Crippen LogP contribution is 2.21. The molecule has 2 fully saturated rings. The van der Waals surface area contributed by atoms with Crippen molar-refractivity contribution in [1.82, 2.24) is 19.8 Å². The molecule has 0 unspecified atom stereocenters. The number of aromatic nitrogens is 2. The lowest BCUT2D eigenvalue weighted by molar-refractivity contribution is 0.208. The van der Waals surface area contributed by atoms with Gasteiger partial charge in [0.1, 0.15) is 18.0 Å². The molecule has 1 aromatic heterocycles. The van der Waals surface area contributed by atoms with E-state index in [2.05, 4.69) is 56.9 Å². The summed E-state index contributed by atoms with van der Waals surface area (Å²) in [6.45, 7) is 11.1. The molecule has 160 valence electrons. The van der Waals surface area contributed by atoms with Gasteiger partial charge in [0.2, 0.25) is 0 Å². The van der Waals surface area contributed by atoms with Crippen molar-refractivity contribution in [3.05, 3.63) is 41.7 Å². The van der Waals surface area contributed by atoms with E-state index in [1.807, 2.05) is 23.1 Å². The highest BCUT2D eigenvalue weighted by molar-refractivity contribution is 5.89. The van der Waals surface area contributed by atoms with Gasteiger partial charge in [-0.1, -0.05) is 6.07 Å². The van der Waals surface area contributed by atoms with Crippen LogP contribution in [0.2, 0.25) is 0 Å². The number of nitrogens with zero attached hydrogens (tertiary/aromatic N) is 6. The summed E-state index contributed by atoms with van der Waals surface area (Å²) in [5, 5.41) is 3.02. The third-order valence-corrected chi connectivity index (χ3v) is 6.11. The van der Waals surface area contributed by atoms with Gasteiger partial charge in [-0.15, -0.1) is 0 Å². The fourth-order valence-corrected chi connectivity index (χ4v) is 3.88. The Kier molecular flexibility index (Phi) is 6.03. The Morgan fingerprint density at radius 2 is 1.43 bits per heavy atom. The minimum Gasteiger partial charge on any atom is -0.354 e. The van der Waals surface area contributed by atoms with Gasteiger partial charge in [0.15, 0.2) is 0 Å². The van der Waals surface area contributed by atoms with Crippen LogP contribution in [0.3, 0.4) is 0 Å². The largest absolute Gasteiger partial charge is 0.354 e. The van der Waals surface area contributed by atoms with Crippen LogP contribution < -0.4 is 15.1 Å². The molecule has 0 atom stereocenters. The number of piperazine rings is 2. The Labute approximate surface area is 178 Å². The maximum atomic E-state index is 12.7. The number of likely N-dealkylation sites (N-methyl/N-ethyl adjacent to an activating group) is 1. The summed E-state index contributed by atoms with van der Waals surface area (Å²) >= 11 is 0. The number of rotatable bonds is 3. The van der Waals surface area contributed by atoms with Crippen LogP contribution in [0.5, 0.6) is 0 Å². The highest BCUT2D eigenvalue weighted by Gasteiger charge is 2.23. The number of carbonyl (C=O) groups excluding carboxylic acids is 1. The van der Waals surface area contributed by atoms with Gasteiger partial charge in [-0.25, -0.2) is 14.8 Å². The van der Waals surface area contributed by atoms with Gasteiger partial charge >= 0.3 is 6.03 Å². The number of hydrogen-bond donors (Lipinski definition) is 1. The van der Waals surface area contributed by atoms with Crippen molar-refractivity contribution in [2.45, 2.75) is 13.8 Å². The molecule has 0 aliphatic carbocycles. The first kappa shape index (κ1) is 20.4. The first-order valence-corrected chi connectivity index (χ1v) is 10.6. The molecule has 1 aromatic carbocycles. The maximum Gasteiger partial charge on any atom is 0.321 e. The third-order valence-electron chi connectivity index (χ3n) is 6.11. The van der Waals surface area contributed by atoms with E-state index in [1.165, 1.54) is 11.1 Å². The molecule has 4 rings (SSSR count). The molecule has 3 heterocycles. The van der Waals surface area contributed by atoms with Gasteiger partial charge in [0.05, 0.1) is 0 Å². The predicted molar refractivity (Wildman–Crippen MR) is 120 cm³/mol. The van der Waals surface area contributed by atoms with Crippen molar-refractivity contribution in [1.29, 1.82) is 0 Å². The van der Waals surface area contributed by atoms with E-state index >= 15 is 0 Å². The Morgan fingerprint density at radius 3 is 2.03 bits per heavy atom. The van der Waals surface area contributed by atoms with Crippen LogP contribution in [0.15, 0.2) is 30.6 Å². The molecule has 2 aromatic rings. The van der Waals surface area contributed by atoms with E-state index in [0.717, 1.165) is 56.6 Å². The van der Waals surface area contributed by atoms with Crippen LogP contribution in [0.4, 0.5) is 22.1 Å². The fraction of sp³-hybridized carbons (Fsp3) is 0.500. The van der Waals surface area contributed by atoms with Crippen LogP contribution in [0.25, 0.3) is 0 Å². The number of carbonyl (C=O) groups is 1. The Morgan fingerprint density at radius 1 is 0.833 bits per heavy atom. The summed E-state index contributed by atoms with van der Waals surface area (Å²) < 4.78 is 0. The zero-order chi connectivity index (χ0) is 21.1. The number of aryl methyl sites for hydroxylation is 2. The summed E-state index contributed by atoms with van der Waals surface area (Å²) in [5.74, 6) is 1.93. The van der Waals surface area contributed by atoms with Crippen molar-refractivity contribution in [3.8, 4) is 0 Å². The molecule has 2 saturated heterocycles. The number of amides is 2. The van der Waals surface area contributed by atoms with Crippen LogP contribution in [0, 0.1) is 13.8 Å². The van der Waals surface area contributed by atoms with E-state index in [9.17, 15) is 4.79 Å². The first-order valence-electron chi connectivity index (χ1n) is 10.6. The quantitative estimate of drug-likeness (QED) is 0.838. The normalized spacial score (nSPS) is 17.9. The van der Waals surface area contributed by atoms with E-state index in [4.69, 9.17) is 0 Å². The molecule has 0 spiro atoms. The average molecular weight is 410 g/mol.